The molecular formula is C27H22ClN5O2S. The van der Waals surface area contributed by atoms with Crippen LogP contribution < -0.4 is 15.5 Å². The smallest absolute Gasteiger partial charge is 0.261 e. The number of rotatable bonds is 7. The van der Waals surface area contributed by atoms with Crippen molar-refractivity contribution in [3.63, 3.8) is 0 Å². The molecule has 0 bridgehead atoms. The molecule has 0 spiro atoms. The maximum absolute atomic E-state index is 12.2. The molecule has 0 saturated carbocycles. The van der Waals surface area contributed by atoms with E-state index < -0.39 is 0 Å². The first-order valence-corrected chi connectivity index (χ1v) is 12.3. The molecule has 0 radical (unpaired) electrons. The van der Waals surface area contributed by atoms with Gasteiger partial charge in [-0.1, -0.05) is 17.7 Å². The van der Waals surface area contributed by atoms with Gasteiger partial charge in [0.1, 0.15) is 11.2 Å². The van der Waals surface area contributed by atoms with Gasteiger partial charge in [0.05, 0.1) is 40.6 Å². The molecule has 0 saturated heterocycles. The quantitative estimate of drug-likeness (QED) is 0.309. The maximum Gasteiger partial charge on any atom is 0.261 e. The highest BCUT2D eigenvalue weighted by atomic mass is 35.5. The first-order valence-electron chi connectivity index (χ1n) is 11.1. The summed E-state index contributed by atoms with van der Waals surface area (Å²) >= 11 is 7.16. The van der Waals surface area contributed by atoms with Crippen molar-refractivity contribution in [3.05, 3.63) is 118 Å². The first kappa shape index (κ1) is 23.6. The highest BCUT2D eigenvalue weighted by Gasteiger charge is 2.09. The third-order valence-corrected chi connectivity index (χ3v) is 6.67. The van der Waals surface area contributed by atoms with Gasteiger partial charge < -0.3 is 19.2 Å². The van der Waals surface area contributed by atoms with Gasteiger partial charge in [-0.25, -0.2) is 9.98 Å². The lowest BCUT2D eigenvalue weighted by molar-refractivity contribution is 0.0954. The van der Waals surface area contributed by atoms with Crippen molar-refractivity contribution in [3.8, 4) is 17.1 Å². The van der Waals surface area contributed by atoms with Gasteiger partial charge in [0.25, 0.3) is 5.91 Å². The largest absolute Gasteiger partial charge is 0.497 e. The molecule has 36 heavy (non-hydrogen) atoms. The summed E-state index contributed by atoms with van der Waals surface area (Å²) in [6.07, 6.45) is 5.62. The Kier molecular flexibility index (Phi) is 6.97. The van der Waals surface area contributed by atoms with E-state index in [1.54, 1.807) is 25.6 Å². The summed E-state index contributed by atoms with van der Waals surface area (Å²) in [6, 6.07) is 25.1. The van der Waals surface area contributed by atoms with Gasteiger partial charge in [-0.3, -0.25) is 4.79 Å². The van der Waals surface area contributed by atoms with Gasteiger partial charge in [0, 0.05) is 23.8 Å². The molecular weight excluding hydrogens is 494 g/mol. The van der Waals surface area contributed by atoms with Crippen LogP contribution in [0.4, 0.5) is 5.69 Å². The average Bonchev–Trinajstić information content (AvgIpc) is 3.57. The Morgan fingerprint density at radius 1 is 1.03 bits per heavy atom. The normalized spacial score (nSPS) is 11.4. The molecule has 3 aromatic heterocycles. The molecule has 180 valence electrons. The Bertz CT molecular complexity index is 1550. The molecule has 3 heterocycles. The standard InChI is InChI=1S/C27H22ClN5O2S/c1-35-23-11-5-19(6-12-23)31-26-4-2-3-15-33(26)22-9-7-21(8-10-22)32-17-20(30-18-32)16-29-27(34)24-13-14-25(28)36-24/h2-15,17-18H,16H2,1H3,(H,29,34). The van der Waals surface area contributed by atoms with Crippen molar-refractivity contribution in [2.45, 2.75) is 6.54 Å². The van der Waals surface area contributed by atoms with E-state index in [0.717, 1.165) is 34.0 Å². The molecule has 7 nitrogen and oxygen atoms in total. The number of pyridine rings is 1. The lowest BCUT2D eigenvalue weighted by Crippen LogP contribution is -2.21. The SMILES string of the molecule is COc1ccc(N=c2ccccn2-c2ccc(-n3cnc(CNC(=O)c4ccc(Cl)s4)c3)cc2)cc1. The summed E-state index contributed by atoms with van der Waals surface area (Å²) in [5, 5.41) is 2.87. The monoisotopic (exact) mass is 515 g/mol. The molecule has 0 fully saturated rings. The Labute approximate surface area is 216 Å². The van der Waals surface area contributed by atoms with Gasteiger partial charge in [0.2, 0.25) is 0 Å². The lowest BCUT2D eigenvalue weighted by atomic mass is 10.2. The van der Waals surface area contributed by atoms with Crippen LogP contribution >= 0.6 is 22.9 Å². The van der Waals surface area contributed by atoms with Crippen LogP contribution in [-0.4, -0.2) is 27.1 Å². The zero-order valence-electron chi connectivity index (χ0n) is 19.3. The number of benzene rings is 2. The Balaban J connectivity index is 1.31. The van der Waals surface area contributed by atoms with Crippen molar-refractivity contribution in [1.82, 2.24) is 19.4 Å². The van der Waals surface area contributed by atoms with E-state index in [0.29, 0.717) is 15.8 Å². The van der Waals surface area contributed by atoms with E-state index in [1.165, 1.54) is 11.3 Å². The summed E-state index contributed by atoms with van der Waals surface area (Å²) in [7, 11) is 1.65. The fourth-order valence-corrected chi connectivity index (χ4v) is 4.57. The van der Waals surface area contributed by atoms with Gasteiger partial charge in [-0.15, -0.1) is 11.3 Å². The maximum atomic E-state index is 12.2. The molecule has 5 aromatic rings. The molecule has 5 rings (SSSR count). The summed E-state index contributed by atoms with van der Waals surface area (Å²) in [6.45, 7) is 0.329. The van der Waals surface area contributed by atoms with E-state index in [9.17, 15) is 4.79 Å². The van der Waals surface area contributed by atoms with Gasteiger partial charge >= 0.3 is 0 Å². The zero-order valence-corrected chi connectivity index (χ0v) is 20.9. The van der Waals surface area contributed by atoms with Crippen molar-refractivity contribution in [2.75, 3.05) is 7.11 Å². The first-order chi connectivity index (χ1) is 17.6. The van der Waals surface area contributed by atoms with Crippen LogP contribution in [0.25, 0.3) is 11.4 Å². The number of carbonyl (C=O) groups excluding carboxylic acids is 1. The van der Waals surface area contributed by atoms with Crippen LogP contribution in [0.15, 0.2) is 103 Å². The fourth-order valence-electron chi connectivity index (χ4n) is 3.61. The number of hydrogen-bond acceptors (Lipinski definition) is 5. The van der Waals surface area contributed by atoms with E-state index in [1.807, 2.05) is 88.3 Å². The topological polar surface area (TPSA) is 73.4 Å². The molecule has 0 aliphatic heterocycles. The molecule has 9 heteroatoms. The number of nitrogens with one attached hydrogen (secondary N) is 1. The van der Waals surface area contributed by atoms with Crippen molar-refractivity contribution in [1.29, 1.82) is 0 Å². The molecule has 1 N–H and O–H groups in total. The van der Waals surface area contributed by atoms with Crippen LogP contribution in [0.5, 0.6) is 5.75 Å². The third-order valence-electron chi connectivity index (χ3n) is 5.44. The summed E-state index contributed by atoms with van der Waals surface area (Å²) in [5.41, 5.74) is 4.34. The van der Waals surface area contributed by atoms with E-state index >= 15 is 0 Å². The van der Waals surface area contributed by atoms with Gasteiger partial charge in [-0.2, -0.15) is 0 Å². The molecule has 2 aromatic carbocycles. The lowest BCUT2D eigenvalue weighted by Gasteiger charge is -2.09. The second-order valence-electron chi connectivity index (χ2n) is 7.81. The summed E-state index contributed by atoms with van der Waals surface area (Å²) in [5.74, 6) is 0.629. The highest BCUT2D eigenvalue weighted by molar-refractivity contribution is 7.17. The number of hydrogen-bond donors (Lipinski definition) is 1. The number of amides is 1. The second kappa shape index (κ2) is 10.6. The highest BCUT2D eigenvalue weighted by Crippen LogP contribution is 2.21. The van der Waals surface area contributed by atoms with E-state index in [2.05, 4.69) is 10.3 Å². The number of imidazole rings is 1. The minimum absolute atomic E-state index is 0.165. The number of thiophene rings is 1. The van der Waals surface area contributed by atoms with Gasteiger partial charge in [0.15, 0.2) is 0 Å². The molecule has 0 atom stereocenters. The number of nitrogens with zero attached hydrogens (tertiary/aromatic N) is 4. The van der Waals surface area contributed by atoms with Gasteiger partial charge in [-0.05, 0) is 72.8 Å². The summed E-state index contributed by atoms with van der Waals surface area (Å²) < 4.78 is 9.76. The average molecular weight is 516 g/mol. The predicted molar refractivity (Wildman–Crippen MR) is 142 cm³/mol. The van der Waals surface area contributed by atoms with Crippen LogP contribution in [0.3, 0.4) is 0 Å². The van der Waals surface area contributed by atoms with Crippen LogP contribution in [0.1, 0.15) is 15.4 Å². The number of methoxy groups -OCH3 is 1. The van der Waals surface area contributed by atoms with Crippen molar-refractivity contribution < 1.29 is 9.53 Å². The van der Waals surface area contributed by atoms with Crippen LogP contribution in [-0.2, 0) is 6.54 Å². The van der Waals surface area contributed by atoms with Crippen LogP contribution in [0.2, 0.25) is 4.34 Å². The predicted octanol–water partition coefficient (Wildman–Crippen LogP) is 5.55. The van der Waals surface area contributed by atoms with Crippen LogP contribution in [0, 0.1) is 0 Å². The zero-order chi connectivity index (χ0) is 24.9. The molecule has 1 amide bonds. The van der Waals surface area contributed by atoms with E-state index in [-0.39, 0.29) is 5.91 Å². The van der Waals surface area contributed by atoms with Crippen molar-refractivity contribution in [2.24, 2.45) is 4.99 Å². The summed E-state index contributed by atoms with van der Waals surface area (Å²) in [4.78, 5) is 22.0. The second-order valence-corrected chi connectivity index (χ2v) is 9.53. The number of halogens is 1. The Morgan fingerprint density at radius 2 is 1.81 bits per heavy atom. The third kappa shape index (κ3) is 5.40. The minimum Gasteiger partial charge on any atom is -0.497 e. The molecule has 0 unspecified atom stereocenters. The van der Waals surface area contributed by atoms with E-state index in [4.69, 9.17) is 21.3 Å². The number of carbonyl (C=O) groups is 1. The number of ether oxygens (including phenoxy) is 1. The Morgan fingerprint density at radius 3 is 2.53 bits per heavy atom. The number of aromatic nitrogens is 3. The molecule has 0 aliphatic carbocycles. The minimum atomic E-state index is -0.165. The fraction of sp³-hybridized carbons (Fsp3) is 0.0741. The Hall–Kier alpha value is -4.14. The van der Waals surface area contributed by atoms with Crippen molar-refractivity contribution >= 4 is 34.5 Å². The molecule has 0 aliphatic rings.